The lowest BCUT2D eigenvalue weighted by molar-refractivity contribution is -0.130. The second-order valence-corrected chi connectivity index (χ2v) is 8.17. The first-order valence-corrected chi connectivity index (χ1v) is 10.3. The van der Waals surface area contributed by atoms with E-state index in [1.54, 1.807) is 28.4 Å². The molecule has 128 valence electrons. The van der Waals surface area contributed by atoms with Gasteiger partial charge in [-0.1, -0.05) is 0 Å². The Bertz CT molecular complexity index is 789. The predicted molar refractivity (Wildman–Crippen MR) is 96.6 cm³/mol. The van der Waals surface area contributed by atoms with Crippen molar-refractivity contribution in [3.63, 3.8) is 0 Å². The quantitative estimate of drug-likeness (QED) is 0.887. The highest BCUT2D eigenvalue weighted by Crippen LogP contribution is 2.28. The van der Waals surface area contributed by atoms with E-state index in [4.69, 9.17) is 0 Å². The Morgan fingerprint density at radius 2 is 2.25 bits per heavy atom. The second-order valence-electron chi connectivity index (χ2n) is 6.31. The van der Waals surface area contributed by atoms with Crippen molar-refractivity contribution in [1.82, 2.24) is 19.6 Å². The van der Waals surface area contributed by atoms with Gasteiger partial charge in [-0.3, -0.25) is 14.0 Å². The van der Waals surface area contributed by atoms with E-state index < -0.39 is 0 Å². The molecule has 0 saturated carbocycles. The number of hydrogen-bond donors (Lipinski definition) is 1. The van der Waals surface area contributed by atoms with E-state index in [1.807, 2.05) is 5.38 Å². The normalized spacial score (nSPS) is 23.6. The number of carbonyl (C=O) groups excluding carboxylic acids is 1. The fraction of sp³-hybridized carbons (Fsp3) is 0.562. The summed E-state index contributed by atoms with van der Waals surface area (Å²) in [4.78, 5) is 31.9. The zero-order valence-electron chi connectivity index (χ0n) is 13.3. The highest BCUT2D eigenvalue weighted by Gasteiger charge is 2.37. The number of thiazole rings is 1. The van der Waals surface area contributed by atoms with Gasteiger partial charge in [-0.15, -0.1) is 23.1 Å². The Kier molecular flexibility index (Phi) is 4.60. The third kappa shape index (κ3) is 3.10. The van der Waals surface area contributed by atoms with Crippen LogP contribution in [0.1, 0.15) is 25.0 Å². The van der Waals surface area contributed by atoms with Crippen LogP contribution in [0.3, 0.4) is 0 Å². The molecular weight excluding hydrogens is 344 g/mol. The molecule has 2 unspecified atom stereocenters. The van der Waals surface area contributed by atoms with E-state index in [2.05, 4.69) is 15.2 Å². The second kappa shape index (κ2) is 6.85. The fourth-order valence-electron chi connectivity index (χ4n) is 3.67. The molecule has 24 heavy (non-hydrogen) atoms. The van der Waals surface area contributed by atoms with Crippen molar-refractivity contribution < 1.29 is 4.79 Å². The van der Waals surface area contributed by atoms with Crippen LogP contribution in [0.15, 0.2) is 22.4 Å². The van der Waals surface area contributed by atoms with Crippen LogP contribution in [-0.2, 0) is 10.5 Å². The number of amides is 1. The fourth-order valence-corrected chi connectivity index (χ4v) is 5.19. The molecule has 0 aromatic carbocycles. The summed E-state index contributed by atoms with van der Waals surface area (Å²) in [7, 11) is 0. The van der Waals surface area contributed by atoms with E-state index in [0.717, 1.165) is 38.0 Å². The Labute approximate surface area is 148 Å². The predicted octanol–water partition coefficient (Wildman–Crippen LogP) is 1.34. The number of aromatic nitrogens is 2. The summed E-state index contributed by atoms with van der Waals surface area (Å²) in [5, 5.41) is 5.27. The van der Waals surface area contributed by atoms with E-state index in [9.17, 15) is 9.59 Å². The van der Waals surface area contributed by atoms with Gasteiger partial charge < -0.3 is 10.2 Å². The van der Waals surface area contributed by atoms with Gasteiger partial charge in [0.2, 0.25) is 5.91 Å². The van der Waals surface area contributed by atoms with Gasteiger partial charge >= 0.3 is 0 Å². The number of nitrogens with zero attached hydrogens (tertiary/aromatic N) is 3. The maximum atomic E-state index is 12.6. The molecule has 2 bridgehead atoms. The molecule has 0 radical (unpaired) electrons. The van der Waals surface area contributed by atoms with E-state index in [0.29, 0.717) is 28.6 Å². The summed E-state index contributed by atoms with van der Waals surface area (Å²) in [5.41, 5.74) is 0.695. The van der Waals surface area contributed by atoms with Crippen molar-refractivity contribution in [2.45, 2.75) is 37.1 Å². The van der Waals surface area contributed by atoms with E-state index in [-0.39, 0.29) is 11.5 Å². The monoisotopic (exact) mass is 364 g/mol. The highest BCUT2D eigenvalue weighted by atomic mass is 32.2. The SMILES string of the molecule is O=C(CSCc1cc(=O)n2ccsc2n1)N1C2CCNCC1CC2. The zero-order valence-corrected chi connectivity index (χ0v) is 14.9. The summed E-state index contributed by atoms with van der Waals surface area (Å²) in [6, 6.07) is 2.33. The first-order valence-electron chi connectivity index (χ1n) is 8.28. The Balaban J connectivity index is 1.38. The molecular formula is C16H20N4O2S2. The third-order valence-corrected chi connectivity index (χ3v) is 6.48. The Morgan fingerprint density at radius 3 is 3.17 bits per heavy atom. The van der Waals surface area contributed by atoms with Crippen molar-refractivity contribution in [3.8, 4) is 0 Å². The van der Waals surface area contributed by atoms with Gasteiger partial charge in [0.15, 0.2) is 4.96 Å². The number of rotatable bonds is 4. The molecule has 0 spiro atoms. The molecule has 2 atom stereocenters. The van der Waals surface area contributed by atoms with Gasteiger partial charge in [-0.25, -0.2) is 4.98 Å². The molecule has 2 aromatic heterocycles. The Morgan fingerprint density at radius 1 is 1.38 bits per heavy atom. The number of hydrogen-bond acceptors (Lipinski definition) is 6. The summed E-state index contributed by atoms with van der Waals surface area (Å²) >= 11 is 3.00. The largest absolute Gasteiger partial charge is 0.335 e. The standard InChI is InChI=1S/C16H20N4O2S2/c21-14-7-11(18-16-19(14)5-6-24-16)9-23-10-15(22)20-12-1-2-13(20)8-17-4-3-12/h5-7,12-13,17H,1-4,8-10H2. The molecule has 6 nitrogen and oxygen atoms in total. The van der Waals surface area contributed by atoms with Crippen LogP contribution in [0.2, 0.25) is 0 Å². The highest BCUT2D eigenvalue weighted by molar-refractivity contribution is 7.99. The molecule has 2 saturated heterocycles. The molecule has 1 N–H and O–H groups in total. The molecule has 8 heteroatoms. The van der Waals surface area contributed by atoms with E-state index in [1.165, 1.54) is 11.3 Å². The molecule has 0 aliphatic carbocycles. The number of fused-ring (bicyclic) bond motifs is 3. The van der Waals surface area contributed by atoms with Crippen LogP contribution < -0.4 is 10.9 Å². The van der Waals surface area contributed by atoms with Crippen LogP contribution in [0.5, 0.6) is 0 Å². The maximum Gasteiger partial charge on any atom is 0.258 e. The van der Waals surface area contributed by atoms with Crippen molar-refractivity contribution in [2.24, 2.45) is 0 Å². The summed E-state index contributed by atoms with van der Waals surface area (Å²) in [6.45, 7) is 1.92. The van der Waals surface area contributed by atoms with Gasteiger partial charge in [-0.2, -0.15) is 0 Å². The average molecular weight is 364 g/mol. The van der Waals surface area contributed by atoms with Crippen LogP contribution in [-0.4, -0.2) is 51.1 Å². The summed E-state index contributed by atoms with van der Waals surface area (Å²) in [5.74, 6) is 1.28. The van der Waals surface area contributed by atoms with Crippen LogP contribution in [0, 0.1) is 0 Å². The third-order valence-electron chi connectivity index (χ3n) is 4.77. The van der Waals surface area contributed by atoms with Crippen LogP contribution in [0.4, 0.5) is 0 Å². The van der Waals surface area contributed by atoms with Crippen LogP contribution >= 0.6 is 23.1 Å². The van der Waals surface area contributed by atoms with Crippen LogP contribution in [0.25, 0.3) is 4.96 Å². The van der Waals surface area contributed by atoms with Gasteiger partial charge in [-0.05, 0) is 25.8 Å². The van der Waals surface area contributed by atoms with Crippen molar-refractivity contribution in [2.75, 3.05) is 18.8 Å². The maximum absolute atomic E-state index is 12.6. The minimum Gasteiger partial charge on any atom is -0.335 e. The van der Waals surface area contributed by atoms with Gasteiger partial charge in [0.05, 0.1) is 11.4 Å². The zero-order chi connectivity index (χ0) is 16.5. The summed E-state index contributed by atoms with van der Waals surface area (Å²) in [6.07, 6.45) is 5.04. The smallest absolute Gasteiger partial charge is 0.258 e. The van der Waals surface area contributed by atoms with Crippen molar-refractivity contribution >= 4 is 34.0 Å². The molecule has 2 fully saturated rings. The molecule has 4 heterocycles. The number of nitrogens with one attached hydrogen (secondary N) is 1. The first-order chi connectivity index (χ1) is 11.7. The molecule has 1 amide bonds. The lowest BCUT2D eigenvalue weighted by atomic mass is 10.1. The number of thioether (sulfide) groups is 1. The summed E-state index contributed by atoms with van der Waals surface area (Å²) < 4.78 is 1.55. The average Bonchev–Trinajstić information content (AvgIpc) is 3.11. The van der Waals surface area contributed by atoms with Gasteiger partial charge in [0, 0.05) is 42.0 Å². The lowest BCUT2D eigenvalue weighted by Gasteiger charge is -2.27. The van der Waals surface area contributed by atoms with E-state index >= 15 is 0 Å². The Hall–Kier alpha value is -1.38. The lowest BCUT2D eigenvalue weighted by Crippen LogP contribution is -2.43. The van der Waals surface area contributed by atoms with Gasteiger partial charge in [0.25, 0.3) is 5.56 Å². The number of carbonyl (C=O) groups is 1. The topological polar surface area (TPSA) is 66.7 Å². The molecule has 2 aromatic rings. The van der Waals surface area contributed by atoms with Gasteiger partial charge in [0.1, 0.15) is 0 Å². The minimum atomic E-state index is -0.0557. The molecule has 2 aliphatic rings. The minimum absolute atomic E-state index is 0.0557. The van der Waals surface area contributed by atoms with Crippen molar-refractivity contribution in [1.29, 1.82) is 0 Å². The first kappa shape index (κ1) is 16.1. The molecule has 4 rings (SSSR count). The molecule has 2 aliphatic heterocycles. The van der Waals surface area contributed by atoms with Crippen molar-refractivity contribution in [3.05, 3.63) is 33.7 Å².